The van der Waals surface area contributed by atoms with Gasteiger partial charge in [-0.05, 0) is 95.1 Å². The Balaban J connectivity index is 1.87. The first-order valence-corrected chi connectivity index (χ1v) is 12.7. The van der Waals surface area contributed by atoms with E-state index in [1.807, 2.05) is 24.3 Å². The van der Waals surface area contributed by atoms with Crippen LogP contribution in [0.15, 0.2) is 41.3 Å². The standard InChI is InChI=1S/C23H18I2N2O5S/c1-13(2)32-20(28)11-27-22(29)19(33-23(27)30)8-16-7-17(24)9-18(25)21(16)31-12-15-6-4-3-5-14(15)10-26/h3-9,13H,11-12H2,1-2H3/b19-8+. The maximum atomic E-state index is 12.8. The molecule has 0 spiro atoms. The molecule has 2 amide bonds. The molecule has 7 nitrogen and oxygen atoms in total. The Hall–Kier alpha value is -2.11. The monoisotopic (exact) mass is 688 g/mol. The molecule has 3 rings (SSSR count). The van der Waals surface area contributed by atoms with E-state index in [2.05, 4.69) is 51.3 Å². The molecule has 1 saturated heterocycles. The number of amides is 2. The summed E-state index contributed by atoms with van der Waals surface area (Å²) in [6.07, 6.45) is 1.25. The number of ether oxygens (including phenoxy) is 2. The third kappa shape index (κ3) is 6.48. The summed E-state index contributed by atoms with van der Waals surface area (Å²) in [5.41, 5.74) is 1.88. The van der Waals surface area contributed by atoms with Crippen molar-refractivity contribution in [1.29, 1.82) is 5.26 Å². The third-order valence-electron chi connectivity index (χ3n) is 4.36. The number of esters is 1. The first-order valence-electron chi connectivity index (χ1n) is 9.74. The summed E-state index contributed by atoms with van der Waals surface area (Å²) in [6.45, 7) is 3.13. The maximum absolute atomic E-state index is 12.8. The molecule has 0 unspecified atom stereocenters. The minimum absolute atomic E-state index is 0.170. The van der Waals surface area contributed by atoms with Gasteiger partial charge in [-0.3, -0.25) is 19.3 Å². The molecular weight excluding hydrogens is 670 g/mol. The first kappa shape index (κ1) is 25.5. The van der Waals surface area contributed by atoms with Crippen molar-refractivity contribution >= 4 is 80.1 Å². The number of hydrogen-bond donors (Lipinski definition) is 0. The van der Waals surface area contributed by atoms with Crippen LogP contribution in [0.5, 0.6) is 5.75 Å². The van der Waals surface area contributed by atoms with Gasteiger partial charge < -0.3 is 9.47 Å². The lowest BCUT2D eigenvalue weighted by molar-refractivity contribution is -0.149. The maximum Gasteiger partial charge on any atom is 0.326 e. The van der Waals surface area contributed by atoms with Crippen molar-refractivity contribution in [2.24, 2.45) is 0 Å². The Labute approximate surface area is 222 Å². The highest BCUT2D eigenvalue weighted by Crippen LogP contribution is 2.36. The van der Waals surface area contributed by atoms with Gasteiger partial charge in [0, 0.05) is 14.7 Å². The largest absolute Gasteiger partial charge is 0.487 e. The smallest absolute Gasteiger partial charge is 0.326 e. The van der Waals surface area contributed by atoms with Crippen molar-refractivity contribution in [3.63, 3.8) is 0 Å². The zero-order chi connectivity index (χ0) is 24.1. The lowest BCUT2D eigenvalue weighted by Crippen LogP contribution is -2.35. The van der Waals surface area contributed by atoms with Gasteiger partial charge in [0.15, 0.2) is 0 Å². The van der Waals surface area contributed by atoms with Crippen molar-refractivity contribution in [2.75, 3.05) is 6.54 Å². The fourth-order valence-electron chi connectivity index (χ4n) is 2.95. The second kappa shape index (κ2) is 11.3. The van der Waals surface area contributed by atoms with Crippen LogP contribution in [0.3, 0.4) is 0 Å². The Morgan fingerprint density at radius 1 is 1.24 bits per heavy atom. The molecule has 2 aromatic rings. The Bertz CT molecular complexity index is 1190. The highest BCUT2D eigenvalue weighted by Gasteiger charge is 2.37. The van der Waals surface area contributed by atoms with Crippen molar-refractivity contribution in [3.05, 3.63) is 65.1 Å². The molecule has 170 valence electrons. The van der Waals surface area contributed by atoms with Gasteiger partial charge in [-0.15, -0.1) is 0 Å². The molecule has 0 aromatic heterocycles. The van der Waals surface area contributed by atoms with Gasteiger partial charge >= 0.3 is 5.97 Å². The minimum Gasteiger partial charge on any atom is -0.487 e. The molecule has 0 atom stereocenters. The molecule has 0 bridgehead atoms. The van der Waals surface area contributed by atoms with E-state index in [0.717, 1.165) is 29.4 Å². The second-order valence-corrected chi connectivity index (χ2v) is 10.6. The lowest BCUT2D eigenvalue weighted by atomic mass is 10.1. The van der Waals surface area contributed by atoms with Crippen LogP contribution in [0.2, 0.25) is 0 Å². The number of nitrogens with zero attached hydrogens (tertiary/aromatic N) is 2. The number of carbonyl (C=O) groups excluding carboxylic acids is 3. The van der Waals surface area contributed by atoms with Crippen molar-refractivity contribution in [3.8, 4) is 11.8 Å². The summed E-state index contributed by atoms with van der Waals surface area (Å²) >= 11 is 5.07. The number of nitriles is 1. The summed E-state index contributed by atoms with van der Waals surface area (Å²) in [7, 11) is 0. The zero-order valence-electron chi connectivity index (χ0n) is 17.6. The van der Waals surface area contributed by atoms with E-state index in [9.17, 15) is 19.6 Å². The second-order valence-electron chi connectivity index (χ2n) is 7.17. The van der Waals surface area contributed by atoms with Gasteiger partial charge in [0.25, 0.3) is 11.1 Å². The van der Waals surface area contributed by atoms with Crippen molar-refractivity contribution in [1.82, 2.24) is 4.90 Å². The van der Waals surface area contributed by atoms with Gasteiger partial charge in [-0.25, -0.2) is 0 Å². The number of halogens is 2. The molecule has 1 heterocycles. The Morgan fingerprint density at radius 3 is 2.67 bits per heavy atom. The van der Waals surface area contributed by atoms with Crippen LogP contribution < -0.4 is 4.74 Å². The van der Waals surface area contributed by atoms with Crippen molar-refractivity contribution in [2.45, 2.75) is 26.6 Å². The molecule has 1 aliphatic heterocycles. The minimum atomic E-state index is -0.641. The molecule has 0 radical (unpaired) electrons. The molecule has 1 aliphatic rings. The predicted molar refractivity (Wildman–Crippen MR) is 141 cm³/mol. The molecule has 2 aromatic carbocycles. The van der Waals surface area contributed by atoms with E-state index in [1.165, 1.54) is 0 Å². The fraction of sp³-hybridized carbons (Fsp3) is 0.217. The molecular formula is C23H18I2N2O5S. The summed E-state index contributed by atoms with van der Waals surface area (Å²) < 4.78 is 12.8. The molecule has 0 N–H and O–H groups in total. The van der Waals surface area contributed by atoms with Gasteiger partial charge in [0.05, 0.1) is 26.2 Å². The van der Waals surface area contributed by atoms with Crippen LogP contribution in [-0.4, -0.2) is 34.7 Å². The van der Waals surface area contributed by atoms with Crippen LogP contribution in [0.1, 0.15) is 30.5 Å². The van der Waals surface area contributed by atoms with E-state index in [1.54, 1.807) is 32.1 Å². The van der Waals surface area contributed by atoms with Gasteiger partial charge in [-0.2, -0.15) is 5.26 Å². The van der Waals surface area contributed by atoms with Gasteiger partial charge in [-0.1, -0.05) is 18.2 Å². The van der Waals surface area contributed by atoms with Gasteiger partial charge in [0.1, 0.15) is 18.9 Å². The van der Waals surface area contributed by atoms with Crippen LogP contribution in [0.4, 0.5) is 4.79 Å². The van der Waals surface area contributed by atoms with Crippen LogP contribution in [-0.2, 0) is 20.9 Å². The number of imide groups is 1. The van der Waals surface area contributed by atoms with Crippen molar-refractivity contribution < 1.29 is 23.9 Å². The molecule has 0 aliphatic carbocycles. The molecule has 1 fully saturated rings. The number of hydrogen-bond acceptors (Lipinski definition) is 7. The highest BCUT2D eigenvalue weighted by molar-refractivity contribution is 14.1. The molecule has 33 heavy (non-hydrogen) atoms. The number of thioether (sulfide) groups is 1. The van der Waals surface area contributed by atoms with E-state index in [-0.39, 0.29) is 17.6 Å². The Kier molecular flexibility index (Phi) is 8.77. The van der Waals surface area contributed by atoms with Crippen LogP contribution in [0.25, 0.3) is 6.08 Å². The summed E-state index contributed by atoms with van der Waals surface area (Å²) in [4.78, 5) is 38.2. The number of rotatable bonds is 7. The topological polar surface area (TPSA) is 96.7 Å². The highest BCUT2D eigenvalue weighted by atomic mass is 127. The SMILES string of the molecule is CC(C)OC(=O)CN1C(=O)S/C(=C/c2cc(I)cc(I)c2OCc2ccccc2C#N)C1=O. The summed E-state index contributed by atoms with van der Waals surface area (Å²) in [6, 6.07) is 13.1. The quantitative estimate of drug-likeness (QED) is 0.221. The molecule has 10 heteroatoms. The average Bonchev–Trinajstić information content (AvgIpc) is 3.00. The number of carbonyl (C=O) groups is 3. The average molecular weight is 688 g/mol. The van der Waals surface area contributed by atoms with Gasteiger partial charge in [0.2, 0.25) is 0 Å². The first-order chi connectivity index (χ1) is 15.7. The summed E-state index contributed by atoms with van der Waals surface area (Å²) in [5, 5.41) is 8.78. The predicted octanol–water partition coefficient (Wildman–Crippen LogP) is 5.33. The van der Waals surface area contributed by atoms with Crippen LogP contribution in [0, 0.1) is 18.5 Å². The van der Waals surface area contributed by atoms with Crippen LogP contribution >= 0.6 is 56.9 Å². The third-order valence-corrected chi connectivity index (χ3v) is 6.69. The van der Waals surface area contributed by atoms with E-state index in [4.69, 9.17) is 9.47 Å². The number of benzene rings is 2. The molecule has 0 saturated carbocycles. The zero-order valence-corrected chi connectivity index (χ0v) is 22.8. The van der Waals surface area contributed by atoms with E-state index < -0.39 is 23.7 Å². The fourth-order valence-corrected chi connectivity index (χ4v) is 5.83. The Morgan fingerprint density at radius 2 is 1.97 bits per heavy atom. The van der Waals surface area contributed by atoms with E-state index in [0.29, 0.717) is 16.9 Å². The van der Waals surface area contributed by atoms with E-state index >= 15 is 0 Å². The summed E-state index contributed by atoms with van der Waals surface area (Å²) in [5.74, 6) is -0.660. The lowest BCUT2D eigenvalue weighted by Gasteiger charge is -2.14. The normalized spacial score (nSPS) is 14.7.